The van der Waals surface area contributed by atoms with Crippen molar-refractivity contribution < 1.29 is 9.72 Å². The maximum absolute atomic E-state index is 12.3. The summed E-state index contributed by atoms with van der Waals surface area (Å²) in [5.41, 5.74) is 0.775. The minimum absolute atomic E-state index is 0.0170. The molecule has 0 aliphatic carbocycles. The first-order chi connectivity index (χ1) is 9.59. The predicted octanol–water partition coefficient (Wildman–Crippen LogP) is 1.78. The van der Waals surface area contributed by atoms with Crippen LogP contribution in [0.15, 0.2) is 18.2 Å². The maximum Gasteiger partial charge on any atom is 0.273 e. The Labute approximate surface area is 117 Å². The van der Waals surface area contributed by atoms with Gasteiger partial charge in [0.05, 0.1) is 4.92 Å². The fourth-order valence-electron chi connectivity index (χ4n) is 2.47. The number of benzene rings is 1. The highest BCUT2D eigenvalue weighted by atomic mass is 16.6. The topological polar surface area (TPSA) is 84.3 Å². The zero-order chi connectivity index (χ0) is 14.5. The van der Waals surface area contributed by atoms with Gasteiger partial charge in [-0.2, -0.15) is 0 Å². The van der Waals surface area contributed by atoms with E-state index in [0.29, 0.717) is 11.1 Å². The second kappa shape index (κ2) is 6.47. The standard InChI is InChI=1S/C14H19N3O3/c1-10-12(6-4-7-13(10)17(19)20)14(18)16-11-5-2-3-8-15-9-11/h4,6-7,11,15H,2-3,5,8-9H2,1H3,(H,16,18). The lowest BCUT2D eigenvalue weighted by Crippen LogP contribution is -2.41. The summed E-state index contributed by atoms with van der Waals surface area (Å²) >= 11 is 0. The van der Waals surface area contributed by atoms with E-state index in [1.54, 1.807) is 19.1 Å². The van der Waals surface area contributed by atoms with E-state index in [4.69, 9.17) is 0 Å². The van der Waals surface area contributed by atoms with Gasteiger partial charge in [0.25, 0.3) is 11.6 Å². The fraction of sp³-hybridized carbons (Fsp3) is 0.500. The summed E-state index contributed by atoms with van der Waals surface area (Å²) in [6.07, 6.45) is 3.13. The Kier molecular flexibility index (Phi) is 4.68. The monoisotopic (exact) mass is 277 g/mol. The van der Waals surface area contributed by atoms with Gasteiger partial charge in [-0.05, 0) is 32.4 Å². The summed E-state index contributed by atoms with van der Waals surface area (Å²) in [7, 11) is 0. The zero-order valence-electron chi connectivity index (χ0n) is 11.5. The molecule has 1 aliphatic rings. The molecular weight excluding hydrogens is 258 g/mol. The number of amides is 1. The molecule has 6 heteroatoms. The molecule has 108 valence electrons. The highest BCUT2D eigenvalue weighted by Gasteiger charge is 2.20. The lowest BCUT2D eigenvalue weighted by molar-refractivity contribution is -0.385. The van der Waals surface area contributed by atoms with Crippen LogP contribution in [-0.4, -0.2) is 30.0 Å². The van der Waals surface area contributed by atoms with Crippen LogP contribution in [-0.2, 0) is 0 Å². The minimum Gasteiger partial charge on any atom is -0.348 e. The van der Waals surface area contributed by atoms with Crippen molar-refractivity contribution in [1.82, 2.24) is 10.6 Å². The molecule has 1 aliphatic heterocycles. The third-order valence-corrected chi connectivity index (χ3v) is 3.63. The third kappa shape index (κ3) is 3.33. The molecule has 0 bridgehead atoms. The Balaban J connectivity index is 2.12. The van der Waals surface area contributed by atoms with E-state index in [0.717, 1.165) is 32.4 Å². The molecule has 1 unspecified atom stereocenters. The second-order valence-corrected chi connectivity index (χ2v) is 5.08. The molecular formula is C14H19N3O3. The number of nitro benzene ring substituents is 1. The first-order valence-electron chi connectivity index (χ1n) is 6.85. The molecule has 0 radical (unpaired) electrons. The molecule has 1 aromatic rings. The van der Waals surface area contributed by atoms with E-state index in [1.165, 1.54) is 6.07 Å². The molecule has 1 heterocycles. The van der Waals surface area contributed by atoms with Crippen LogP contribution >= 0.6 is 0 Å². The Bertz CT molecular complexity index is 508. The summed E-state index contributed by atoms with van der Waals surface area (Å²) in [4.78, 5) is 22.7. The van der Waals surface area contributed by atoms with Crippen LogP contribution in [0.2, 0.25) is 0 Å². The van der Waals surface area contributed by atoms with Crippen LogP contribution in [0, 0.1) is 17.0 Å². The van der Waals surface area contributed by atoms with Crippen LogP contribution in [0.1, 0.15) is 35.2 Å². The number of nitrogens with zero attached hydrogens (tertiary/aromatic N) is 1. The van der Waals surface area contributed by atoms with E-state index in [9.17, 15) is 14.9 Å². The molecule has 0 aromatic heterocycles. The molecule has 2 rings (SSSR count). The average molecular weight is 277 g/mol. The largest absolute Gasteiger partial charge is 0.348 e. The van der Waals surface area contributed by atoms with Gasteiger partial charge < -0.3 is 10.6 Å². The van der Waals surface area contributed by atoms with Crippen LogP contribution in [0.3, 0.4) is 0 Å². The molecule has 0 spiro atoms. The van der Waals surface area contributed by atoms with Gasteiger partial charge in [0.1, 0.15) is 0 Å². The minimum atomic E-state index is -0.459. The quantitative estimate of drug-likeness (QED) is 0.651. The van der Waals surface area contributed by atoms with E-state index >= 15 is 0 Å². The van der Waals surface area contributed by atoms with Crippen molar-refractivity contribution in [2.75, 3.05) is 13.1 Å². The first kappa shape index (κ1) is 14.5. The Morgan fingerprint density at radius 1 is 1.45 bits per heavy atom. The average Bonchev–Trinajstić information content (AvgIpc) is 2.67. The van der Waals surface area contributed by atoms with E-state index in [-0.39, 0.29) is 17.6 Å². The Hall–Kier alpha value is -1.95. The molecule has 1 saturated heterocycles. The van der Waals surface area contributed by atoms with E-state index in [1.807, 2.05) is 0 Å². The molecule has 1 fully saturated rings. The van der Waals surface area contributed by atoms with Crippen molar-refractivity contribution in [2.24, 2.45) is 0 Å². The number of carbonyl (C=O) groups is 1. The van der Waals surface area contributed by atoms with Gasteiger partial charge >= 0.3 is 0 Å². The summed E-state index contributed by atoms with van der Waals surface area (Å²) < 4.78 is 0. The van der Waals surface area contributed by atoms with Crippen molar-refractivity contribution in [3.05, 3.63) is 39.4 Å². The lowest BCUT2D eigenvalue weighted by atomic mass is 10.0. The van der Waals surface area contributed by atoms with Crippen molar-refractivity contribution >= 4 is 11.6 Å². The van der Waals surface area contributed by atoms with Gasteiger partial charge in [-0.25, -0.2) is 0 Å². The normalized spacial score (nSPS) is 19.1. The van der Waals surface area contributed by atoms with Crippen molar-refractivity contribution in [1.29, 1.82) is 0 Å². The third-order valence-electron chi connectivity index (χ3n) is 3.63. The number of carbonyl (C=O) groups excluding carboxylic acids is 1. The highest BCUT2D eigenvalue weighted by molar-refractivity contribution is 5.96. The van der Waals surface area contributed by atoms with Crippen LogP contribution in [0.5, 0.6) is 0 Å². The molecule has 1 atom stereocenters. The van der Waals surface area contributed by atoms with Crippen LogP contribution in [0.4, 0.5) is 5.69 Å². The molecule has 2 N–H and O–H groups in total. The molecule has 1 aromatic carbocycles. The molecule has 0 saturated carbocycles. The van der Waals surface area contributed by atoms with Crippen molar-refractivity contribution in [2.45, 2.75) is 32.2 Å². The lowest BCUT2D eigenvalue weighted by Gasteiger charge is -2.17. The summed E-state index contributed by atoms with van der Waals surface area (Å²) in [6.45, 7) is 3.33. The van der Waals surface area contributed by atoms with Gasteiger partial charge in [0.15, 0.2) is 0 Å². The number of nitro groups is 1. The van der Waals surface area contributed by atoms with Crippen molar-refractivity contribution in [3.63, 3.8) is 0 Å². The summed E-state index contributed by atoms with van der Waals surface area (Å²) in [6, 6.07) is 4.68. The van der Waals surface area contributed by atoms with Gasteiger partial charge in [0, 0.05) is 29.8 Å². The first-order valence-corrected chi connectivity index (χ1v) is 6.85. The number of hydrogen-bond donors (Lipinski definition) is 2. The van der Waals surface area contributed by atoms with Crippen LogP contribution < -0.4 is 10.6 Å². The highest BCUT2D eigenvalue weighted by Crippen LogP contribution is 2.21. The summed E-state index contributed by atoms with van der Waals surface area (Å²) in [5, 5.41) is 17.1. The number of rotatable bonds is 3. The number of nitrogens with one attached hydrogen (secondary N) is 2. The maximum atomic E-state index is 12.3. The van der Waals surface area contributed by atoms with Gasteiger partial charge in [-0.3, -0.25) is 14.9 Å². The van der Waals surface area contributed by atoms with Crippen molar-refractivity contribution in [3.8, 4) is 0 Å². The fourth-order valence-corrected chi connectivity index (χ4v) is 2.47. The van der Waals surface area contributed by atoms with Gasteiger partial charge in [-0.15, -0.1) is 0 Å². The molecule has 6 nitrogen and oxygen atoms in total. The molecule has 1 amide bonds. The van der Waals surface area contributed by atoms with Gasteiger partial charge in [-0.1, -0.05) is 12.5 Å². The van der Waals surface area contributed by atoms with Gasteiger partial charge in [0.2, 0.25) is 0 Å². The second-order valence-electron chi connectivity index (χ2n) is 5.08. The Morgan fingerprint density at radius 3 is 3.00 bits per heavy atom. The SMILES string of the molecule is Cc1c(C(=O)NC2CCCCNC2)cccc1[N+](=O)[O-]. The van der Waals surface area contributed by atoms with E-state index in [2.05, 4.69) is 10.6 Å². The van der Waals surface area contributed by atoms with E-state index < -0.39 is 4.92 Å². The van der Waals surface area contributed by atoms with Crippen LogP contribution in [0.25, 0.3) is 0 Å². The molecule has 20 heavy (non-hydrogen) atoms. The smallest absolute Gasteiger partial charge is 0.273 e. The Morgan fingerprint density at radius 2 is 2.25 bits per heavy atom. The zero-order valence-corrected chi connectivity index (χ0v) is 11.5. The predicted molar refractivity (Wildman–Crippen MR) is 75.8 cm³/mol. The summed E-state index contributed by atoms with van der Waals surface area (Å²) in [5.74, 6) is -0.236. The number of hydrogen-bond acceptors (Lipinski definition) is 4.